The number of thioether (sulfide) groups is 1. The quantitative estimate of drug-likeness (QED) is 0.197. The van der Waals surface area contributed by atoms with Gasteiger partial charge in [0.2, 0.25) is 0 Å². The summed E-state index contributed by atoms with van der Waals surface area (Å²) in [4.78, 5) is 22.2. The van der Waals surface area contributed by atoms with Crippen molar-refractivity contribution in [1.82, 2.24) is 25.1 Å². The van der Waals surface area contributed by atoms with Crippen LogP contribution in [0.4, 0.5) is 5.82 Å². The molecule has 0 fully saturated rings. The summed E-state index contributed by atoms with van der Waals surface area (Å²) in [6.07, 6.45) is 2.81. The molecule has 0 bridgehead atoms. The molecule has 9 heteroatoms. The maximum atomic E-state index is 12.8. The van der Waals surface area contributed by atoms with Crippen molar-refractivity contribution in [2.75, 3.05) is 37.9 Å². The van der Waals surface area contributed by atoms with Gasteiger partial charge >= 0.3 is 0 Å². The smallest absolute Gasteiger partial charge is 0.251 e. The number of ether oxygens (including phenoxy) is 1. The van der Waals surface area contributed by atoms with Crippen molar-refractivity contribution in [2.45, 2.75) is 25.0 Å². The highest BCUT2D eigenvalue weighted by Gasteiger charge is 2.14. The van der Waals surface area contributed by atoms with Crippen molar-refractivity contribution < 1.29 is 9.53 Å². The number of carbonyl (C=O) groups is 1. The van der Waals surface area contributed by atoms with E-state index in [0.717, 1.165) is 39.8 Å². The number of methoxy groups -OCH3 is 1. The molecule has 0 unspecified atom stereocenters. The van der Waals surface area contributed by atoms with Crippen molar-refractivity contribution in [3.8, 4) is 0 Å². The number of fused-ring (bicyclic) bond motifs is 2. The number of carbonyl (C=O) groups excluding carboxylic acids is 1. The van der Waals surface area contributed by atoms with Crippen LogP contribution < -0.4 is 10.6 Å². The van der Waals surface area contributed by atoms with E-state index in [1.54, 1.807) is 25.1 Å². The third-order valence-corrected chi connectivity index (χ3v) is 6.21. The van der Waals surface area contributed by atoms with Crippen LogP contribution in [0.3, 0.4) is 0 Å². The zero-order chi connectivity index (χ0) is 23.0. The molecule has 4 aromatic rings. The molecular weight excluding hydrogens is 436 g/mol. The molecule has 0 saturated heterocycles. The molecule has 2 aromatic heterocycles. The van der Waals surface area contributed by atoms with Crippen LogP contribution in [0.15, 0.2) is 53.8 Å². The Hall–Kier alpha value is -3.17. The molecule has 8 nitrogen and oxygen atoms in total. The molecule has 2 aromatic carbocycles. The van der Waals surface area contributed by atoms with Crippen LogP contribution in [-0.4, -0.2) is 58.2 Å². The van der Waals surface area contributed by atoms with Crippen molar-refractivity contribution >= 4 is 45.3 Å². The van der Waals surface area contributed by atoms with Crippen molar-refractivity contribution in [1.29, 1.82) is 0 Å². The van der Waals surface area contributed by atoms with E-state index in [0.29, 0.717) is 37.0 Å². The SMILES string of the molecule is CCCSc1nc(NCCOC)c2cnn(CCNC(=O)c3cccc4ccccc34)c2n1. The summed E-state index contributed by atoms with van der Waals surface area (Å²) >= 11 is 1.62. The molecule has 0 aliphatic carbocycles. The number of anilines is 1. The maximum absolute atomic E-state index is 12.8. The Morgan fingerprint density at radius 2 is 1.94 bits per heavy atom. The highest BCUT2D eigenvalue weighted by atomic mass is 32.2. The van der Waals surface area contributed by atoms with Gasteiger partial charge < -0.3 is 15.4 Å². The van der Waals surface area contributed by atoms with Gasteiger partial charge in [-0.2, -0.15) is 5.10 Å². The lowest BCUT2D eigenvalue weighted by molar-refractivity contribution is 0.0953. The van der Waals surface area contributed by atoms with Crippen LogP contribution in [0, 0.1) is 0 Å². The van der Waals surface area contributed by atoms with Gasteiger partial charge in [-0.05, 0) is 23.3 Å². The fourth-order valence-corrected chi connectivity index (χ4v) is 4.25. The lowest BCUT2D eigenvalue weighted by Gasteiger charge is -2.10. The molecule has 1 amide bonds. The van der Waals surface area contributed by atoms with Gasteiger partial charge in [-0.25, -0.2) is 14.6 Å². The van der Waals surface area contributed by atoms with E-state index in [4.69, 9.17) is 9.72 Å². The third kappa shape index (κ3) is 5.43. The number of aromatic nitrogens is 4. The molecule has 2 heterocycles. The minimum Gasteiger partial charge on any atom is -0.383 e. The fraction of sp³-hybridized carbons (Fsp3) is 0.333. The van der Waals surface area contributed by atoms with E-state index in [-0.39, 0.29) is 5.91 Å². The van der Waals surface area contributed by atoms with Gasteiger partial charge in [-0.3, -0.25) is 4.79 Å². The minimum absolute atomic E-state index is 0.0981. The Kier molecular flexibility index (Phi) is 7.74. The molecule has 0 aliphatic rings. The summed E-state index contributed by atoms with van der Waals surface area (Å²) in [7, 11) is 1.67. The predicted octanol–water partition coefficient (Wildman–Crippen LogP) is 3.97. The van der Waals surface area contributed by atoms with E-state index < -0.39 is 0 Å². The molecule has 0 radical (unpaired) electrons. The second-order valence-electron chi connectivity index (χ2n) is 7.51. The number of nitrogens with one attached hydrogen (secondary N) is 2. The standard InChI is InChI=1S/C24H28N6O2S/c1-3-15-33-24-28-21(25-12-14-32-2)20-16-27-30(22(20)29-24)13-11-26-23(31)19-10-6-8-17-7-4-5-9-18(17)19/h4-10,16H,3,11-15H2,1-2H3,(H,26,31)(H,25,28,29). The summed E-state index contributed by atoms with van der Waals surface area (Å²) in [6.45, 7) is 4.30. The van der Waals surface area contributed by atoms with E-state index in [1.165, 1.54) is 0 Å². The van der Waals surface area contributed by atoms with Gasteiger partial charge in [0.05, 0.1) is 24.7 Å². The van der Waals surface area contributed by atoms with Crippen LogP contribution in [0.2, 0.25) is 0 Å². The normalized spacial score (nSPS) is 11.2. The van der Waals surface area contributed by atoms with E-state index in [1.807, 2.05) is 47.1 Å². The average molecular weight is 465 g/mol. The number of hydrogen-bond donors (Lipinski definition) is 2. The van der Waals surface area contributed by atoms with Gasteiger partial charge in [0.15, 0.2) is 10.8 Å². The zero-order valence-electron chi connectivity index (χ0n) is 18.9. The van der Waals surface area contributed by atoms with Gasteiger partial charge in [0, 0.05) is 31.5 Å². The number of nitrogens with zero attached hydrogens (tertiary/aromatic N) is 4. The van der Waals surface area contributed by atoms with Crippen LogP contribution in [0.25, 0.3) is 21.8 Å². The second kappa shape index (κ2) is 11.1. The molecule has 0 spiro atoms. The predicted molar refractivity (Wildman–Crippen MR) is 133 cm³/mol. The monoisotopic (exact) mass is 464 g/mol. The summed E-state index contributed by atoms with van der Waals surface area (Å²) in [5, 5.41) is 14.4. The molecule has 172 valence electrons. The molecule has 0 saturated carbocycles. The molecule has 0 aliphatic heterocycles. The lowest BCUT2D eigenvalue weighted by Crippen LogP contribution is -2.27. The highest BCUT2D eigenvalue weighted by molar-refractivity contribution is 7.99. The Morgan fingerprint density at radius 3 is 2.79 bits per heavy atom. The van der Waals surface area contributed by atoms with E-state index in [9.17, 15) is 4.79 Å². The van der Waals surface area contributed by atoms with Gasteiger partial charge in [-0.1, -0.05) is 55.1 Å². The third-order valence-electron chi connectivity index (χ3n) is 5.15. The van der Waals surface area contributed by atoms with Crippen LogP contribution in [0.5, 0.6) is 0 Å². The Labute approximate surface area is 197 Å². The van der Waals surface area contributed by atoms with Crippen molar-refractivity contribution in [2.24, 2.45) is 0 Å². The van der Waals surface area contributed by atoms with E-state index >= 15 is 0 Å². The first-order valence-electron chi connectivity index (χ1n) is 11.1. The molecule has 4 rings (SSSR count). The Morgan fingerprint density at radius 1 is 1.09 bits per heavy atom. The summed E-state index contributed by atoms with van der Waals surface area (Å²) in [5.41, 5.74) is 1.42. The number of rotatable bonds is 11. The zero-order valence-corrected chi connectivity index (χ0v) is 19.7. The van der Waals surface area contributed by atoms with Crippen LogP contribution in [-0.2, 0) is 11.3 Å². The first kappa shape index (κ1) is 23.0. The maximum Gasteiger partial charge on any atom is 0.251 e. The topological polar surface area (TPSA) is 94.0 Å². The summed E-state index contributed by atoms with van der Waals surface area (Å²) < 4.78 is 6.96. The highest BCUT2D eigenvalue weighted by Crippen LogP contribution is 2.25. The van der Waals surface area contributed by atoms with Gasteiger partial charge in [0.1, 0.15) is 5.82 Å². The molecule has 33 heavy (non-hydrogen) atoms. The summed E-state index contributed by atoms with van der Waals surface area (Å²) in [5.74, 6) is 1.60. The molecular formula is C24H28N6O2S. The number of hydrogen-bond acceptors (Lipinski definition) is 7. The Balaban J connectivity index is 1.49. The van der Waals surface area contributed by atoms with Crippen molar-refractivity contribution in [3.05, 3.63) is 54.2 Å². The number of benzene rings is 2. The molecule has 2 N–H and O–H groups in total. The Bertz CT molecular complexity index is 1240. The minimum atomic E-state index is -0.0981. The van der Waals surface area contributed by atoms with Gasteiger partial charge in [0.25, 0.3) is 5.91 Å². The van der Waals surface area contributed by atoms with E-state index in [2.05, 4.69) is 27.6 Å². The first-order chi connectivity index (χ1) is 16.2. The van der Waals surface area contributed by atoms with Crippen LogP contribution >= 0.6 is 11.8 Å². The average Bonchev–Trinajstić information content (AvgIpc) is 3.25. The fourth-order valence-electron chi connectivity index (χ4n) is 3.56. The lowest BCUT2D eigenvalue weighted by atomic mass is 10.0. The largest absolute Gasteiger partial charge is 0.383 e. The molecule has 0 atom stereocenters. The number of amides is 1. The second-order valence-corrected chi connectivity index (χ2v) is 8.57. The van der Waals surface area contributed by atoms with Gasteiger partial charge in [-0.15, -0.1) is 0 Å². The first-order valence-corrected chi connectivity index (χ1v) is 12.0. The van der Waals surface area contributed by atoms with Crippen LogP contribution in [0.1, 0.15) is 23.7 Å². The summed E-state index contributed by atoms with van der Waals surface area (Å²) in [6, 6.07) is 13.7. The van der Waals surface area contributed by atoms with Crippen molar-refractivity contribution in [3.63, 3.8) is 0 Å².